The molecule has 0 atom stereocenters. The van der Waals surface area contributed by atoms with Gasteiger partial charge in [0.25, 0.3) is 0 Å². The van der Waals surface area contributed by atoms with Crippen LogP contribution in [-0.2, 0) is 14.6 Å². The van der Waals surface area contributed by atoms with Crippen molar-refractivity contribution in [3.05, 3.63) is 40.6 Å². The lowest BCUT2D eigenvalue weighted by Crippen LogP contribution is -2.01. The van der Waals surface area contributed by atoms with Gasteiger partial charge in [-0.2, -0.15) is 0 Å². The van der Waals surface area contributed by atoms with Crippen LogP contribution in [0.3, 0.4) is 0 Å². The predicted octanol–water partition coefficient (Wildman–Crippen LogP) is 3.00. The van der Waals surface area contributed by atoms with Crippen molar-refractivity contribution in [2.45, 2.75) is 11.8 Å². The Morgan fingerprint density at radius 3 is 2.40 bits per heavy atom. The molecule has 4 nitrogen and oxygen atoms in total. The summed E-state index contributed by atoms with van der Waals surface area (Å²) < 4.78 is 27.7. The summed E-state index contributed by atoms with van der Waals surface area (Å²) in [7, 11) is -3.19. The SMILES string of the molecule is CCOC(=O)c1cc(-c2ccc(S(C)(=O)=O)cc2)cs1. The largest absolute Gasteiger partial charge is 0.462 e. The van der Waals surface area contributed by atoms with Crippen molar-refractivity contribution in [2.75, 3.05) is 12.9 Å². The Balaban J connectivity index is 2.27. The van der Waals surface area contributed by atoms with E-state index < -0.39 is 9.84 Å². The highest BCUT2D eigenvalue weighted by atomic mass is 32.2. The maximum Gasteiger partial charge on any atom is 0.348 e. The van der Waals surface area contributed by atoms with Gasteiger partial charge < -0.3 is 4.74 Å². The van der Waals surface area contributed by atoms with Crippen LogP contribution in [0.25, 0.3) is 11.1 Å². The van der Waals surface area contributed by atoms with Gasteiger partial charge in [-0.1, -0.05) is 12.1 Å². The molecule has 6 heteroatoms. The Morgan fingerprint density at radius 2 is 1.85 bits per heavy atom. The molecule has 1 heterocycles. The first-order valence-electron chi connectivity index (χ1n) is 5.98. The van der Waals surface area contributed by atoms with Gasteiger partial charge >= 0.3 is 5.97 Å². The molecule has 1 aromatic carbocycles. The van der Waals surface area contributed by atoms with Crippen molar-refractivity contribution in [2.24, 2.45) is 0 Å². The summed E-state index contributed by atoms with van der Waals surface area (Å²) in [6, 6.07) is 8.33. The van der Waals surface area contributed by atoms with E-state index in [1.807, 2.05) is 5.38 Å². The Kier molecular flexibility index (Phi) is 4.25. The van der Waals surface area contributed by atoms with E-state index in [2.05, 4.69) is 0 Å². The quantitative estimate of drug-likeness (QED) is 0.815. The first kappa shape index (κ1) is 14.7. The first-order valence-corrected chi connectivity index (χ1v) is 8.75. The lowest BCUT2D eigenvalue weighted by Gasteiger charge is -2.01. The monoisotopic (exact) mass is 310 g/mol. The van der Waals surface area contributed by atoms with Crippen LogP contribution in [0.4, 0.5) is 0 Å². The van der Waals surface area contributed by atoms with Gasteiger partial charge in [0.2, 0.25) is 0 Å². The smallest absolute Gasteiger partial charge is 0.348 e. The molecule has 0 aliphatic rings. The molecular weight excluding hydrogens is 296 g/mol. The fraction of sp³-hybridized carbons (Fsp3) is 0.214. The van der Waals surface area contributed by atoms with Gasteiger partial charge in [0.05, 0.1) is 11.5 Å². The zero-order valence-corrected chi connectivity index (χ0v) is 12.8. The lowest BCUT2D eigenvalue weighted by molar-refractivity contribution is 0.0532. The number of carbonyl (C=O) groups is 1. The molecular formula is C14H14O4S2. The Hall–Kier alpha value is -1.66. The number of thiophene rings is 1. The number of carbonyl (C=O) groups excluding carboxylic acids is 1. The molecule has 2 aromatic rings. The number of esters is 1. The minimum Gasteiger partial charge on any atom is -0.462 e. The van der Waals surface area contributed by atoms with Crippen molar-refractivity contribution < 1.29 is 17.9 Å². The number of ether oxygens (including phenoxy) is 1. The van der Waals surface area contributed by atoms with Gasteiger partial charge in [-0.3, -0.25) is 0 Å². The second-order valence-corrected chi connectivity index (χ2v) is 7.14. The summed E-state index contributed by atoms with van der Waals surface area (Å²) in [5.74, 6) is -0.337. The first-order chi connectivity index (χ1) is 9.41. The number of hydrogen-bond acceptors (Lipinski definition) is 5. The van der Waals surface area contributed by atoms with Crippen molar-refractivity contribution in [3.63, 3.8) is 0 Å². The third kappa shape index (κ3) is 3.26. The van der Waals surface area contributed by atoms with Gasteiger partial charge in [0, 0.05) is 6.26 Å². The van der Waals surface area contributed by atoms with Gasteiger partial charge in [0.1, 0.15) is 4.88 Å². The molecule has 0 N–H and O–H groups in total. The molecule has 0 amide bonds. The maximum atomic E-state index is 11.6. The minimum atomic E-state index is -3.19. The summed E-state index contributed by atoms with van der Waals surface area (Å²) >= 11 is 1.31. The van der Waals surface area contributed by atoms with Gasteiger partial charge in [-0.05, 0) is 41.6 Å². The minimum absolute atomic E-state index is 0.280. The summed E-state index contributed by atoms with van der Waals surface area (Å²) in [5.41, 5.74) is 1.74. The fourth-order valence-electron chi connectivity index (χ4n) is 1.69. The molecule has 0 unspecified atom stereocenters. The second kappa shape index (κ2) is 5.76. The summed E-state index contributed by atoms with van der Waals surface area (Å²) in [5, 5.41) is 1.85. The summed E-state index contributed by atoms with van der Waals surface area (Å²) in [4.78, 5) is 12.4. The van der Waals surface area contributed by atoms with Crippen LogP contribution in [0, 0.1) is 0 Å². The van der Waals surface area contributed by atoms with Crippen LogP contribution < -0.4 is 0 Å². The van der Waals surface area contributed by atoms with E-state index in [-0.39, 0.29) is 10.9 Å². The van der Waals surface area contributed by atoms with E-state index in [1.54, 1.807) is 37.3 Å². The number of rotatable bonds is 4. The van der Waals surface area contributed by atoms with E-state index in [4.69, 9.17) is 4.74 Å². The predicted molar refractivity (Wildman–Crippen MR) is 78.8 cm³/mol. The Labute approximate surface area is 121 Å². The Bertz CT molecular complexity index is 712. The Morgan fingerprint density at radius 1 is 1.20 bits per heavy atom. The van der Waals surface area contributed by atoms with Crippen LogP contribution in [-0.4, -0.2) is 27.2 Å². The van der Waals surface area contributed by atoms with Gasteiger partial charge in [-0.15, -0.1) is 11.3 Å². The van der Waals surface area contributed by atoms with E-state index in [0.717, 1.165) is 11.1 Å². The molecule has 0 aliphatic carbocycles. The molecule has 0 aliphatic heterocycles. The zero-order valence-electron chi connectivity index (χ0n) is 11.1. The molecule has 0 bridgehead atoms. The van der Waals surface area contributed by atoms with E-state index in [1.165, 1.54) is 17.6 Å². The third-order valence-electron chi connectivity index (χ3n) is 2.69. The number of sulfone groups is 1. The summed E-state index contributed by atoms with van der Waals surface area (Å²) in [6.07, 6.45) is 1.17. The average Bonchev–Trinajstić information content (AvgIpc) is 2.88. The van der Waals surface area contributed by atoms with Crippen LogP contribution in [0.1, 0.15) is 16.6 Å². The average molecular weight is 310 g/mol. The molecule has 0 radical (unpaired) electrons. The molecule has 0 fully saturated rings. The highest BCUT2D eigenvalue weighted by Crippen LogP contribution is 2.27. The highest BCUT2D eigenvalue weighted by molar-refractivity contribution is 7.90. The fourth-order valence-corrected chi connectivity index (χ4v) is 3.13. The van der Waals surface area contributed by atoms with Gasteiger partial charge in [-0.25, -0.2) is 13.2 Å². The van der Waals surface area contributed by atoms with Crippen molar-refractivity contribution in [3.8, 4) is 11.1 Å². The molecule has 0 saturated carbocycles. The lowest BCUT2D eigenvalue weighted by atomic mass is 10.1. The number of benzene rings is 1. The summed E-state index contributed by atoms with van der Waals surface area (Å²) in [6.45, 7) is 2.10. The van der Waals surface area contributed by atoms with Crippen LogP contribution in [0.15, 0.2) is 40.6 Å². The molecule has 1 aromatic heterocycles. The van der Waals surface area contributed by atoms with Crippen molar-refractivity contribution >= 4 is 27.1 Å². The molecule has 0 spiro atoms. The standard InChI is InChI=1S/C14H14O4S2/c1-3-18-14(15)13-8-11(9-19-13)10-4-6-12(7-5-10)20(2,16)17/h4-9H,3H2,1-2H3. The molecule has 106 valence electrons. The second-order valence-electron chi connectivity index (χ2n) is 4.22. The molecule has 2 rings (SSSR count). The van der Waals surface area contributed by atoms with E-state index in [9.17, 15) is 13.2 Å². The van der Waals surface area contributed by atoms with E-state index in [0.29, 0.717) is 11.5 Å². The highest BCUT2D eigenvalue weighted by Gasteiger charge is 2.12. The molecule has 0 saturated heterocycles. The van der Waals surface area contributed by atoms with Crippen molar-refractivity contribution in [1.29, 1.82) is 0 Å². The van der Waals surface area contributed by atoms with Crippen LogP contribution >= 0.6 is 11.3 Å². The van der Waals surface area contributed by atoms with Crippen LogP contribution in [0.5, 0.6) is 0 Å². The molecule has 20 heavy (non-hydrogen) atoms. The normalized spacial score (nSPS) is 11.3. The zero-order chi connectivity index (χ0) is 14.8. The third-order valence-corrected chi connectivity index (χ3v) is 4.73. The topological polar surface area (TPSA) is 60.4 Å². The van der Waals surface area contributed by atoms with E-state index >= 15 is 0 Å². The van der Waals surface area contributed by atoms with Gasteiger partial charge in [0.15, 0.2) is 9.84 Å². The number of hydrogen-bond donors (Lipinski definition) is 0. The maximum absolute atomic E-state index is 11.6. The van der Waals surface area contributed by atoms with Crippen molar-refractivity contribution in [1.82, 2.24) is 0 Å². The van der Waals surface area contributed by atoms with Crippen LogP contribution in [0.2, 0.25) is 0 Å².